The van der Waals surface area contributed by atoms with Crippen LogP contribution in [0.2, 0.25) is 0 Å². The summed E-state index contributed by atoms with van der Waals surface area (Å²) in [6.07, 6.45) is 0. The molecule has 0 radical (unpaired) electrons. The smallest absolute Gasteiger partial charge is 0.243 e. The summed E-state index contributed by atoms with van der Waals surface area (Å²) in [5.41, 5.74) is 2.74. The maximum atomic E-state index is 12.0. The molecule has 3 aromatic rings. The third kappa shape index (κ3) is 5.36. The lowest BCUT2D eigenvalue weighted by atomic mass is 10.2. The average molecular weight is 411 g/mol. The fourth-order valence-electron chi connectivity index (χ4n) is 2.35. The molecule has 26 heavy (non-hydrogen) atoms. The number of ether oxygens (including phenoxy) is 1. The molecule has 4 nitrogen and oxygen atoms in total. The van der Waals surface area contributed by atoms with Gasteiger partial charge in [0, 0.05) is 10.2 Å². The monoisotopic (exact) mass is 410 g/mol. The molecular formula is C21H19BrN2O2. The first kappa shape index (κ1) is 18.0. The zero-order valence-corrected chi connectivity index (χ0v) is 15.7. The van der Waals surface area contributed by atoms with Crippen molar-refractivity contribution in [3.8, 4) is 5.75 Å². The molecule has 0 aliphatic heterocycles. The second kappa shape index (κ2) is 9.06. The average Bonchev–Trinajstić information content (AvgIpc) is 2.68. The lowest BCUT2D eigenvalue weighted by Crippen LogP contribution is -2.21. The molecule has 0 unspecified atom stereocenters. The molecule has 132 valence electrons. The van der Waals surface area contributed by atoms with Gasteiger partial charge in [0.15, 0.2) is 0 Å². The largest absolute Gasteiger partial charge is 0.489 e. The highest BCUT2D eigenvalue weighted by atomic mass is 79.9. The van der Waals surface area contributed by atoms with Crippen molar-refractivity contribution in [1.29, 1.82) is 0 Å². The van der Waals surface area contributed by atoms with Crippen LogP contribution < -0.4 is 15.4 Å². The Morgan fingerprint density at radius 1 is 0.885 bits per heavy atom. The van der Waals surface area contributed by atoms with Gasteiger partial charge in [-0.25, -0.2) is 0 Å². The predicted octanol–water partition coefficient (Wildman–Crippen LogP) is 5.08. The van der Waals surface area contributed by atoms with Gasteiger partial charge < -0.3 is 15.4 Å². The minimum absolute atomic E-state index is 0.110. The predicted molar refractivity (Wildman–Crippen MR) is 108 cm³/mol. The summed E-state index contributed by atoms with van der Waals surface area (Å²) >= 11 is 3.41. The summed E-state index contributed by atoms with van der Waals surface area (Å²) in [7, 11) is 0. The van der Waals surface area contributed by atoms with Crippen molar-refractivity contribution < 1.29 is 9.53 Å². The van der Waals surface area contributed by atoms with Crippen molar-refractivity contribution in [3.63, 3.8) is 0 Å². The molecule has 3 aromatic carbocycles. The van der Waals surface area contributed by atoms with Crippen LogP contribution in [0, 0.1) is 0 Å². The van der Waals surface area contributed by atoms with E-state index in [9.17, 15) is 4.79 Å². The molecule has 0 saturated carbocycles. The summed E-state index contributed by atoms with van der Waals surface area (Å²) in [6.45, 7) is 0.716. The molecule has 0 spiro atoms. The fourth-order valence-corrected chi connectivity index (χ4v) is 2.73. The highest BCUT2D eigenvalue weighted by Crippen LogP contribution is 2.21. The Bertz CT molecular complexity index is 851. The molecule has 0 aliphatic rings. The molecule has 0 heterocycles. The molecule has 0 aromatic heterocycles. The highest BCUT2D eigenvalue weighted by molar-refractivity contribution is 9.10. The van der Waals surface area contributed by atoms with E-state index in [1.54, 1.807) is 0 Å². The molecule has 1 amide bonds. The van der Waals surface area contributed by atoms with Gasteiger partial charge in [0.05, 0.1) is 12.2 Å². The second-order valence-corrected chi connectivity index (χ2v) is 6.53. The van der Waals surface area contributed by atoms with Crippen molar-refractivity contribution in [2.24, 2.45) is 0 Å². The van der Waals surface area contributed by atoms with Gasteiger partial charge in [0.2, 0.25) is 5.91 Å². The van der Waals surface area contributed by atoms with Crippen LogP contribution in [-0.4, -0.2) is 12.5 Å². The number of carbonyl (C=O) groups is 1. The van der Waals surface area contributed by atoms with Gasteiger partial charge in [-0.1, -0.05) is 42.5 Å². The molecule has 2 N–H and O–H groups in total. The van der Waals surface area contributed by atoms with Gasteiger partial charge in [-0.05, 0) is 57.9 Å². The number of benzene rings is 3. The fraction of sp³-hybridized carbons (Fsp3) is 0.0952. The van der Waals surface area contributed by atoms with Crippen molar-refractivity contribution >= 4 is 33.2 Å². The first-order chi connectivity index (χ1) is 12.7. The summed E-state index contributed by atoms with van der Waals surface area (Å²) in [5, 5.41) is 5.96. The zero-order chi connectivity index (χ0) is 18.2. The van der Waals surface area contributed by atoms with Gasteiger partial charge in [-0.2, -0.15) is 0 Å². The van der Waals surface area contributed by atoms with Crippen LogP contribution in [0.5, 0.6) is 5.75 Å². The third-order valence-corrected chi connectivity index (χ3v) is 4.40. The lowest BCUT2D eigenvalue weighted by Gasteiger charge is -2.10. The second-order valence-electron chi connectivity index (χ2n) is 5.68. The number of anilines is 2. The van der Waals surface area contributed by atoms with Crippen LogP contribution in [0.3, 0.4) is 0 Å². The molecule has 5 heteroatoms. The van der Waals surface area contributed by atoms with E-state index in [1.165, 1.54) is 0 Å². The first-order valence-corrected chi connectivity index (χ1v) is 9.05. The molecule has 0 bridgehead atoms. The van der Waals surface area contributed by atoms with Crippen LogP contribution in [-0.2, 0) is 11.4 Å². The Labute approximate surface area is 161 Å². The first-order valence-electron chi connectivity index (χ1n) is 8.26. The Hall–Kier alpha value is -2.79. The SMILES string of the molecule is O=C(CNc1ccc(OCc2ccccc2)cc1)Nc1ccccc1Br. The summed E-state index contributed by atoms with van der Waals surface area (Å²) in [4.78, 5) is 12.0. The minimum atomic E-state index is -0.110. The van der Waals surface area contributed by atoms with Crippen LogP contribution >= 0.6 is 15.9 Å². The van der Waals surface area contributed by atoms with Crippen molar-refractivity contribution in [2.75, 3.05) is 17.2 Å². The van der Waals surface area contributed by atoms with E-state index in [4.69, 9.17) is 4.74 Å². The van der Waals surface area contributed by atoms with Crippen molar-refractivity contribution in [1.82, 2.24) is 0 Å². The molecule has 0 aliphatic carbocycles. The Morgan fingerprint density at radius 2 is 1.58 bits per heavy atom. The molecule has 0 fully saturated rings. The minimum Gasteiger partial charge on any atom is -0.489 e. The van der Waals surface area contributed by atoms with Crippen LogP contribution in [0.15, 0.2) is 83.3 Å². The normalized spacial score (nSPS) is 10.2. The Morgan fingerprint density at radius 3 is 2.31 bits per heavy atom. The van der Waals surface area contributed by atoms with Gasteiger partial charge in [0.1, 0.15) is 12.4 Å². The maximum Gasteiger partial charge on any atom is 0.243 e. The van der Waals surface area contributed by atoms with E-state index in [1.807, 2.05) is 78.9 Å². The van der Waals surface area contributed by atoms with Gasteiger partial charge in [-0.15, -0.1) is 0 Å². The van der Waals surface area contributed by atoms with Crippen LogP contribution in [0.4, 0.5) is 11.4 Å². The Kier molecular flexibility index (Phi) is 6.28. The summed E-state index contributed by atoms with van der Waals surface area (Å²) in [6, 6.07) is 25.1. The van der Waals surface area contributed by atoms with Gasteiger partial charge in [0.25, 0.3) is 0 Å². The number of nitrogens with one attached hydrogen (secondary N) is 2. The van der Waals surface area contributed by atoms with E-state index < -0.39 is 0 Å². The number of para-hydroxylation sites is 1. The molecular weight excluding hydrogens is 392 g/mol. The topological polar surface area (TPSA) is 50.4 Å². The Balaban J connectivity index is 1.46. The number of hydrogen-bond acceptors (Lipinski definition) is 3. The van der Waals surface area contributed by atoms with E-state index >= 15 is 0 Å². The summed E-state index contributed by atoms with van der Waals surface area (Å²) < 4.78 is 6.61. The van der Waals surface area contributed by atoms with Gasteiger partial charge in [-0.3, -0.25) is 4.79 Å². The van der Waals surface area contributed by atoms with Crippen LogP contribution in [0.25, 0.3) is 0 Å². The van der Waals surface area contributed by atoms with Crippen LogP contribution in [0.1, 0.15) is 5.56 Å². The van der Waals surface area contributed by atoms with E-state index in [0.29, 0.717) is 6.61 Å². The molecule has 0 atom stereocenters. The summed E-state index contributed by atoms with van der Waals surface area (Å²) in [5.74, 6) is 0.679. The number of rotatable bonds is 7. The third-order valence-electron chi connectivity index (χ3n) is 3.70. The quantitative estimate of drug-likeness (QED) is 0.570. The zero-order valence-electron chi connectivity index (χ0n) is 14.1. The number of amides is 1. The number of carbonyl (C=O) groups excluding carboxylic acids is 1. The van der Waals surface area contributed by atoms with E-state index in [-0.39, 0.29) is 12.5 Å². The van der Waals surface area contributed by atoms with Crippen molar-refractivity contribution in [2.45, 2.75) is 6.61 Å². The standard InChI is InChI=1S/C21H19BrN2O2/c22-19-8-4-5-9-20(19)24-21(25)14-23-17-10-12-18(13-11-17)26-15-16-6-2-1-3-7-16/h1-13,23H,14-15H2,(H,24,25). The maximum absolute atomic E-state index is 12.0. The molecule has 3 rings (SSSR count). The number of halogens is 1. The molecule has 0 saturated heterocycles. The number of hydrogen-bond donors (Lipinski definition) is 2. The van der Waals surface area contributed by atoms with E-state index in [0.717, 1.165) is 27.2 Å². The lowest BCUT2D eigenvalue weighted by molar-refractivity contribution is -0.114. The highest BCUT2D eigenvalue weighted by Gasteiger charge is 2.05. The van der Waals surface area contributed by atoms with Gasteiger partial charge >= 0.3 is 0 Å². The van der Waals surface area contributed by atoms with E-state index in [2.05, 4.69) is 26.6 Å². The van der Waals surface area contributed by atoms with Crippen molar-refractivity contribution in [3.05, 3.63) is 88.9 Å².